The highest BCUT2D eigenvalue weighted by atomic mass is 35.5. The van der Waals surface area contributed by atoms with Gasteiger partial charge in [0.25, 0.3) is 5.91 Å². The van der Waals surface area contributed by atoms with Gasteiger partial charge in [0.2, 0.25) is 0 Å². The Morgan fingerprint density at radius 2 is 1.82 bits per heavy atom. The number of benzene rings is 1. The molecular formula is C7H8ClNO2. The van der Waals surface area contributed by atoms with E-state index in [-0.39, 0.29) is 12.4 Å². The van der Waals surface area contributed by atoms with Crippen molar-refractivity contribution in [3.8, 4) is 0 Å². The zero-order valence-corrected chi connectivity index (χ0v) is 6.47. The number of hydrogen-bond donors (Lipinski definition) is 2. The van der Waals surface area contributed by atoms with Crippen molar-refractivity contribution < 1.29 is 10.0 Å². The van der Waals surface area contributed by atoms with Crippen LogP contribution in [0, 0.1) is 0 Å². The minimum Gasteiger partial charge on any atom is -0.288 e. The smallest absolute Gasteiger partial charge is 0.274 e. The van der Waals surface area contributed by atoms with Crippen LogP contribution in [0.4, 0.5) is 0 Å². The first kappa shape index (κ1) is 9.94. The molecule has 0 aliphatic rings. The first-order chi connectivity index (χ1) is 4.84. The van der Waals surface area contributed by atoms with Gasteiger partial charge in [-0.25, -0.2) is 5.48 Å². The first-order valence-corrected chi connectivity index (χ1v) is 2.84. The summed E-state index contributed by atoms with van der Waals surface area (Å²) in [7, 11) is 0. The normalized spacial score (nSPS) is 8.09. The molecule has 0 atom stereocenters. The van der Waals surface area contributed by atoms with E-state index in [1.807, 2.05) is 0 Å². The van der Waals surface area contributed by atoms with Crippen LogP contribution in [0.1, 0.15) is 10.4 Å². The van der Waals surface area contributed by atoms with Crippen LogP contribution in [0.25, 0.3) is 0 Å². The third-order valence-corrected chi connectivity index (χ3v) is 1.14. The molecule has 1 aromatic carbocycles. The number of halogens is 1. The zero-order chi connectivity index (χ0) is 7.40. The molecule has 60 valence electrons. The molecule has 0 fully saturated rings. The number of hydroxylamine groups is 1. The molecule has 0 saturated carbocycles. The van der Waals surface area contributed by atoms with E-state index in [4.69, 9.17) is 5.21 Å². The molecule has 1 aromatic rings. The van der Waals surface area contributed by atoms with Crippen LogP contribution in [-0.4, -0.2) is 11.1 Å². The fraction of sp³-hybridized carbons (Fsp3) is 0. The lowest BCUT2D eigenvalue weighted by Gasteiger charge is -1.94. The summed E-state index contributed by atoms with van der Waals surface area (Å²) in [5.41, 5.74) is 1.99. The van der Waals surface area contributed by atoms with Gasteiger partial charge in [0.1, 0.15) is 0 Å². The lowest BCUT2D eigenvalue weighted by atomic mass is 10.2. The fourth-order valence-electron chi connectivity index (χ4n) is 0.654. The summed E-state index contributed by atoms with van der Waals surface area (Å²) < 4.78 is 0. The molecule has 0 heterocycles. The lowest BCUT2D eigenvalue weighted by molar-refractivity contribution is 0.0706. The Bertz CT molecular complexity index is 225. The summed E-state index contributed by atoms with van der Waals surface area (Å²) in [4.78, 5) is 10.7. The highest BCUT2D eigenvalue weighted by Crippen LogP contribution is 1.96. The molecule has 2 N–H and O–H groups in total. The second-order valence-electron chi connectivity index (χ2n) is 1.81. The van der Waals surface area contributed by atoms with Crippen LogP contribution < -0.4 is 5.48 Å². The van der Waals surface area contributed by atoms with Gasteiger partial charge in [0, 0.05) is 5.56 Å². The number of nitrogens with one attached hydrogen (secondary N) is 1. The van der Waals surface area contributed by atoms with Gasteiger partial charge in [-0.3, -0.25) is 10.0 Å². The van der Waals surface area contributed by atoms with Crippen molar-refractivity contribution in [3.63, 3.8) is 0 Å². The highest BCUT2D eigenvalue weighted by molar-refractivity contribution is 5.93. The van der Waals surface area contributed by atoms with E-state index in [0.717, 1.165) is 0 Å². The van der Waals surface area contributed by atoms with Crippen molar-refractivity contribution >= 4 is 18.3 Å². The number of rotatable bonds is 1. The molecule has 3 nitrogen and oxygen atoms in total. The molecule has 1 rings (SSSR count). The molecule has 0 radical (unpaired) electrons. The van der Waals surface area contributed by atoms with Crippen LogP contribution in [0.2, 0.25) is 0 Å². The van der Waals surface area contributed by atoms with Gasteiger partial charge in [0.05, 0.1) is 0 Å². The summed E-state index contributed by atoms with van der Waals surface area (Å²) in [6.45, 7) is 0. The molecule has 0 bridgehead atoms. The molecule has 0 unspecified atom stereocenters. The maximum absolute atomic E-state index is 10.7. The Hall–Kier alpha value is -1.06. The zero-order valence-electron chi connectivity index (χ0n) is 5.65. The van der Waals surface area contributed by atoms with Gasteiger partial charge in [-0.2, -0.15) is 0 Å². The van der Waals surface area contributed by atoms with Crippen molar-refractivity contribution in [1.29, 1.82) is 0 Å². The Labute approximate surface area is 70.4 Å². The largest absolute Gasteiger partial charge is 0.288 e. The van der Waals surface area contributed by atoms with E-state index in [9.17, 15) is 4.79 Å². The summed E-state index contributed by atoms with van der Waals surface area (Å²) >= 11 is 0. The average Bonchev–Trinajstić information content (AvgIpc) is 2.05. The Balaban J connectivity index is 0.000001000. The van der Waals surface area contributed by atoms with Gasteiger partial charge < -0.3 is 0 Å². The number of carbonyl (C=O) groups excluding carboxylic acids is 1. The van der Waals surface area contributed by atoms with Crippen molar-refractivity contribution in [2.75, 3.05) is 0 Å². The van der Waals surface area contributed by atoms with Crippen molar-refractivity contribution in [2.24, 2.45) is 0 Å². The molecule has 0 aliphatic heterocycles. The first-order valence-electron chi connectivity index (χ1n) is 2.84. The lowest BCUT2D eigenvalue weighted by Crippen LogP contribution is -2.18. The highest BCUT2D eigenvalue weighted by Gasteiger charge is 1.99. The molecule has 0 saturated heterocycles. The number of amides is 1. The Morgan fingerprint density at radius 1 is 1.27 bits per heavy atom. The Morgan fingerprint density at radius 3 is 2.27 bits per heavy atom. The molecular weight excluding hydrogens is 166 g/mol. The van der Waals surface area contributed by atoms with Gasteiger partial charge in [-0.05, 0) is 12.1 Å². The summed E-state index contributed by atoms with van der Waals surface area (Å²) in [6.07, 6.45) is 0. The van der Waals surface area contributed by atoms with Crippen molar-refractivity contribution in [1.82, 2.24) is 5.48 Å². The molecule has 1 amide bonds. The van der Waals surface area contributed by atoms with Gasteiger partial charge >= 0.3 is 0 Å². The minimum absolute atomic E-state index is 0. The van der Waals surface area contributed by atoms with Gasteiger partial charge in [-0.15, -0.1) is 12.4 Å². The second-order valence-corrected chi connectivity index (χ2v) is 1.81. The molecule has 4 heteroatoms. The summed E-state index contributed by atoms with van der Waals surface area (Å²) in [5, 5.41) is 8.19. The maximum atomic E-state index is 10.7. The van der Waals surface area contributed by atoms with E-state index in [1.165, 1.54) is 0 Å². The third kappa shape index (κ3) is 2.57. The van der Waals surface area contributed by atoms with Crippen LogP contribution in [0.5, 0.6) is 0 Å². The van der Waals surface area contributed by atoms with E-state index >= 15 is 0 Å². The van der Waals surface area contributed by atoms with Crippen LogP contribution in [0.15, 0.2) is 30.3 Å². The predicted octanol–water partition coefficient (Wildman–Crippen LogP) is 1.23. The standard InChI is InChI=1S/C7H7NO2.ClH/c9-7(8-10)6-4-2-1-3-5-6;/h1-5,10H,(H,8,9);1H. The summed E-state index contributed by atoms with van der Waals surface area (Å²) in [5.74, 6) is -0.486. The van der Waals surface area contributed by atoms with Crippen LogP contribution in [0.3, 0.4) is 0 Å². The topological polar surface area (TPSA) is 49.3 Å². The van der Waals surface area contributed by atoms with Crippen molar-refractivity contribution in [3.05, 3.63) is 35.9 Å². The minimum atomic E-state index is -0.486. The van der Waals surface area contributed by atoms with Gasteiger partial charge in [0.15, 0.2) is 0 Å². The monoisotopic (exact) mass is 173 g/mol. The fourth-order valence-corrected chi connectivity index (χ4v) is 0.654. The summed E-state index contributed by atoms with van der Waals surface area (Å²) in [6, 6.07) is 8.49. The van der Waals surface area contributed by atoms with Gasteiger partial charge in [-0.1, -0.05) is 18.2 Å². The van der Waals surface area contributed by atoms with E-state index in [0.29, 0.717) is 5.56 Å². The van der Waals surface area contributed by atoms with Crippen molar-refractivity contribution in [2.45, 2.75) is 0 Å². The van der Waals surface area contributed by atoms with Crippen LogP contribution in [-0.2, 0) is 0 Å². The molecule has 0 aliphatic carbocycles. The second kappa shape index (κ2) is 4.71. The number of hydrogen-bond acceptors (Lipinski definition) is 2. The molecule has 0 spiro atoms. The quantitative estimate of drug-likeness (QED) is 0.496. The SMILES string of the molecule is Cl.O=C(NO)c1ccccc1. The van der Waals surface area contributed by atoms with Crippen LogP contribution >= 0.6 is 12.4 Å². The van der Waals surface area contributed by atoms with E-state index in [2.05, 4.69) is 0 Å². The third-order valence-electron chi connectivity index (χ3n) is 1.14. The average molecular weight is 174 g/mol. The van der Waals surface area contributed by atoms with E-state index < -0.39 is 5.91 Å². The predicted molar refractivity (Wildman–Crippen MR) is 42.9 cm³/mol. The van der Waals surface area contributed by atoms with E-state index in [1.54, 1.807) is 35.8 Å². The molecule has 11 heavy (non-hydrogen) atoms. The maximum Gasteiger partial charge on any atom is 0.274 e. The molecule has 0 aromatic heterocycles. The Kier molecular flexibility index (Phi) is 4.26. The number of carbonyl (C=O) groups is 1.